The molecule has 3 aromatic rings. The van der Waals surface area contributed by atoms with Crippen LogP contribution < -0.4 is 5.32 Å². The normalized spacial score (nSPS) is 15.4. The predicted molar refractivity (Wildman–Crippen MR) is 102 cm³/mol. The lowest BCUT2D eigenvalue weighted by molar-refractivity contribution is -0.139. The molecule has 0 radical (unpaired) electrons. The van der Waals surface area contributed by atoms with E-state index >= 15 is 0 Å². The zero-order chi connectivity index (χ0) is 19.0. The summed E-state index contributed by atoms with van der Waals surface area (Å²) < 4.78 is 0. The van der Waals surface area contributed by atoms with Crippen LogP contribution in [0.5, 0.6) is 0 Å². The van der Waals surface area contributed by atoms with Gasteiger partial charge < -0.3 is 20.3 Å². The number of carbonyl (C=O) groups excluding carboxylic acids is 1. The van der Waals surface area contributed by atoms with Crippen LogP contribution >= 0.6 is 0 Å². The van der Waals surface area contributed by atoms with E-state index in [0.717, 1.165) is 27.6 Å². The van der Waals surface area contributed by atoms with Crippen molar-refractivity contribution in [3.8, 4) is 0 Å². The number of H-pyrrole nitrogens is 1. The lowest BCUT2D eigenvalue weighted by Crippen LogP contribution is -2.48. The smallest absolute Gasteiger partial charge is 0.326 e. The molecule has 1 aromatic heterocycles. The van der Waals surface area contributed by atoms with Crippen molar-refractivity contribution in [1.82, 2.24) is 15.2 Å². The second-order valence-corrected chi connectivity index (χ2v) is 6.97. The Hall–Kier alpha value is -3.28. The second-order valence-electron chi connectivity index (χ2n) is 6.97. The maximum atomic E-state index is 12.7. The van der Waals surface area contributed by atoms with E-state index < -0.39 is 12.0 Å². The molecular weight excluding hydrogens is 342 g/mol. The van der Waals surface area contributed by atoms with Gasteiger partial charge in [0.15, 0.2) is 0 Å². The molecule has 6 nitrogen and oxygen atoms in total. The monoisotopic (exact) mass is 363 g/mol. The van der Waals surface area contributed by atoms with Gasteiger partial charge in [-0.3, -0.25) is 0 Å². The maximum Gasteiger partial charge on any atom is 0.326 e. The molecule has 2 aromatic carbocycles. The van der Waals surface area contributed by atoms with Crippen LogP contribution in [-0.4, -0.2) is 33.0 Å². The summed E-state index contributed by atoms with van der Waals surface area (Å²) in [5, 5.41) is 13.4. The van der Waals surface area contributed by atoms with E-state index in [1.54, 1.807) is 4.90 Å². The minimum absolute atomic E-state index is 0.356. The average Bonchev–Trinajstić information content (AvgIpc) is 3.29. The molecule has 2 atom stereocenters. The topological polar surface area (TPSA) is 85.4 Å². The van der Waals surface area contributed by atoms with Gasteiger partial charge in [-0.25, -0.2) is 9.59 Å². The van der Waals surface area contributed by atoms with Crippen LogP contribution in [-0.2, 0) is 17.9 Å². The van der Waals surface area contributed by atoms with E-state index in [1.807, 2.05) is 61.7 Å². The number of rotatable bonds is 4. The zero-order valence-corrected chi connectivity index (χ0v) is 15.0. The Morgan fingerprint density at radius 1 is 1.07 bits per heavy atom. The van der Waals surface area contributed by atoms with Gasteiger partial charge in [0.25, 0.3) is 0 Å². The quantitative estimate of drug-likeness (QED) is 0.664. The lowest BCUT2D eigenvalue weighted by atomic mass is 9.93. The third-order valence-electron chi connectivity index (χ3n) is 5.28. The molecule has 1 aliphatic rings. The van der Waals surface area contributed by atoms with Gasteiger partial charge in [0.05, 0.1) is 0 Å². The van der Waals surface area contributed by atoms with Crippen molar-refractivity contribution in [2.75, 3.05) is 0 Å². The SMILES string of the molecule is C[C@@H](c1c[nH]c2ccccc12)[C@@H](NC(=O)N1Cc2ccccc2C1)C(=O)O. The summed E-state index contributed by atoms with van der Waals surface area (Å²) in [6.45, 7) is 2.82. The molecule has 0 fully saturated rings. The third kappa shape index (κ3) is 3.14. The van der Waals surface area contributed by atoms with Crippen molar-refractivity contribution < 1.29 is 14.7 Å². The molecule has 0 aliphatic carbocycles. The maximum absolute atomic E-state index is 12.7. The number of aliphatic carboxylic acids is 1. The van der Waals surface area contributed by atoms with Gasteiger partial charge in [0.1, 0.15) is 6.04 Å². The van der Waals surface area contributed by atoms with Crippen molar-refractivity contribution in [3.63, 3.8) is 0 Å². The van der Waals surface area contributed by atoms with E-state index in [2.05, 4.69) is 10.3 Å². The van der Waals surface area contributed by atoms with Crippen molar-refractivity contribution in [2.24, 2.45) is 0 Å². The highest BCUT2D eigenvalue weighted by Crippen LogP contribution is 2.28. The number of hydrogen-bond donors (Lipinski definition) is 3. The fraction of sp³-hybridized carbons (Fsp3) is 0.238. The lowest BCUT2D eigenvalue weighted by Gasteiger charge is -2.24. The standard InChI is InChI=1S/C21H21N3O3/c1-13(17-10-22-18-9-5-4-8-16(17)18)19(20(25)26)23-21(27)24-11-14-6-2-3-7-15(14)12-24/h2-10,13,19,22H,11-12H2,1H3,(H,23,27)(H,25,26)/t13-,19+/m0/s1. The van der Waals surface area contributed by atoms with Crippen molar-refractivity contribution in [2.45, 2.75) is 32.0 Å². The van der Waals surface area contributed by atoms with Gasteiger partial charge in [0.2, 0.25) is 0 Å². The Bertz CT molecular complexity index is 986. The Balaban J connectivity index is 1.53. The summed E-state index contributed by atoms with van der Waals surface area (Å²) in [7, 11) is 0. The van der Waals surface area contributed by atoms with Crippen LogP contribution in [0.25, 0.3) is 10.9 Å². The van der Waals surface area contributed by atoms with E-state index in [0.29, 0.717) is 13.1 Å². The Morgan fingerprint density at radius 2 is 1.70 bits per heavy atom. The summed E-state index contributed by atoms with van der Waals surface area (Å²) in [5.41, 5.74) is 4.03. The number of carboxylic acid groups (broad SMARTS) is 1. The van der Waals surface area contributed by atoms with Gasteiger partial charge in [-0.05, 0) is 22.8 Å². The number of amides is 2. The van der Waals surface area contributed by atoms with E-state index in [9.17, 15) is 14.7 Å². The van der Waals surface area contributed by atoms with Crippen LogP contribution in [0.1, 0.15) is 29.5 Å². The van der Waals surface area contributed by atoms with Gasteiger partial charge in [-0.1, -0.05) is 49.4 Å². The largest absolute Gasteiger partial charge is 0.480 e. The molecule has 6 heteroatoms. The van der Waals surface area contributed by atoms with Gasteiger partial charge in [-0.15, -0.1) is 0 Å². The van der Waals surface area contributed by atoms with Crippen LogP contribution in [0, 0.1) is 0 Å². The van der Waals surface area contributed by atoms with Crippen LogP contribution in [0.4, 0.5) is 4.79 Å². The molecule has 2 amide bonds. The predicted octanol–water partition coefficient (Wildman–Crippen LogP) is 3.45. The summed E-state index contributed by atoms with van der Waals surface area (Å²) >= 11 is 0. The average molecular weight is 363 g/mol. The number of nitrogens with one attached hydrogen (secondary N) is 2. The van der Waals surface area contributed by atoms with E-state index in [4.69, 9.17) is 0 Å². The van der Waals surface area contributed by atoms with Crippen molar-refractivity contribution in [3.05, 3.63) is 71.4 Å². The summed E-state index contributed by atoms with van der Waals surface area (Å²) in [5.74, 6) is -1.43. The van der Waals surface area contributed by atoms with Crippen LogP contribution in [0.3, 0.4) is 0 Å². The second kappa shape index (κ2) is 6.79. The molecule has 3 N–H and O–H groups in total. The number of benzene rings is 2. The zero-order valence-electron chi connectivity index (χ0n) is 15.0. The number of fused-ring (bicyclic) bond motifs is 2. The molecular formula is C21H21N3O3. The van der Waals surface area contributed by atoms with Crippen molar-refractivity contribution in [1.29, 1.82) is 0 Å². The number of carbonyl (C=O) groups is 2. The van der Waals surface area contributed by atoms with Gasteiger partial charge in [0, 0.05) is 36.1 Å². The van der Waals surface area contributed by atoms with Gasteiger partial charge >= 0.3 is 12.0 Å². The van der Waals surface area contributed by atoms with E-state index in [-0.39, 0.29) is 11.9 Å². The molecule has 0 spiro atoms. The molecule has 0 unspecified atom stereocenters. The van der Waals surface area contributed by atoms with Crippen LogP contribution in [0.15, 0.2) is 54.7 Å². The van der Waals surface area contributed by atoms with Gasteiger partial charge in [-0.2, -0.15) is 0 Å². The summed E-state index contributed by atoms with van der Waals surface area (Å²) in [4.78, 5) is 29.4. The number of nitrogens with zero attached hydrogens (tertiary/aromatic N) is 1. The first kappa shape index (κ1) is 17.1. The molecule has 2 heterocycles. The highest BCUT2D eigenvalue weighted by atomic mass is 16.4. The number of aromatic amines is 1. The van der Waals surface area contributed by atoms with E-state index in [1.165, 1.54) is 0 Å². The minimum atomic E-state index is -1.04. The van der Waals surface area contributed by atoms with Crippen LogP contribution in [0.2, 0.25) is 0 Å². The molecule has 0 saturated heterocycles. The molecule has 138 valence electrons. The Morgan fingerprint density at radius 3 is 2.37 bits per heavy atom. The number of para-hydroxylation sites is 1. The molecule has 1 aliphatic heterocycles. The molecule has 27 heavy (non-hydrogen) atoms. The number of aromatic nitrogens is 1. The number of carboxylic acids is 1. The highest BCUT2D eigenvalue weighted by Gasteiger charge is 2.32. The summed E-state index contributed by atoms with van der Waals surface area (Å²) in [6.07, 6.45) is 1.82. The number of hydrogen-bond acceptors (Lipinski definition) is 2. The fourth-order valence-corrected chi connectivity index (χ4v) is 3.75. The first-order chi connectivity index (χ1) is 13.0. The van der Waals surface area contributed by atoms with Crippen molar-refractivity contribution >= 4 is 22.9 Å². The first-order valence-electron chi connectivity index (χ1n) is 8.95. The first-order valence-corrected chi connectivity index (χ1v) is 8.95. The minimum Gasteiger partial charge on any atom is -0.480 e. The molecule has 0 saturated carbocycles. The Labute approximate surface area is 156 Å². The molecule has 4 rings (SSSR count). The fourth-order valence-electron chi connectivity index (χ4n) is 3.75. The highest BCUT2D eigenvalue weighted by molar-refractivity contribution is 5.87. The Kier molecular flexibility index (Phi) is 4.32. The number of urea groups is 1. The summed E-state index contributed by atoms with van der Waals surface area (Å²) in [6, 6.07) is 14.2. The molecule has 0 bridgehead atoms. The third-order valence-corrected chi connectivity index (χ3v) is 5.28.